The number of carbonyl (C=O) groups excluding carboxylic acids is 2. The number of benzene rings is 2. The fourth-order valence-electron chi connectivity index (χ4n) is 2.81. The molecule has 0 radical (unpaired) electrons. The minimum Gasteiger partial charge on any atom is -0.402 e. The van der Waals surface area contributed by atoms with Gasteiger partial charge in [-0.25, -0.2) is 27.9 Å². The minimum absolute atomic E-state index is 0.0510. The molecule has 0 spiro atoms. The van der Waals surface area contributed by atoms with Gasteiger partial charge in [0.2, 0.25) is 11.8 Å². The Morgan fingerprint density at radius 2 is 1.90 bits per heavy atom. The van der Waals surface area contributed by atoms with Crippen LogP contribution in [0.15, 0.2) is 58.5 Å². The van der Waals surface area contributed by atoms with Gasteiger partial charge in [0.1, 0.15) is 17.5 Å². The molecule has 0 fully saturated rings. The molecule has 1 aromatic heterocycles. The predicted octanol–water partition coefficient (Wildman–Crippen LogP) is 4.59. The van der Waals surface area contributed by atoms with Crippen molar-refractivity contribution in [3.8, 4) is 0 Å². The second kappa shape index (κ2) is 8.15. The van der Waals surface area contributed by atoms with E-state index < -0.39 is 29.3 Å². The molecule has 0 unspecified atom stereocenters. The number of hydrogen-bond donors (Lipinski definition) is 0. The highest BCUT2D eigenvalue weighted by Gasteiger charge is 2.26. The number of hydrogen-bond acceptors (Lipinski definition) is 6. The van der Waals surface area contributed by atoms with Crippen molar-refractivity contribution >= 4 is 46.0 Å². The smallest absolute Gasteiger partial charge is 0.363 e. The van der Waals surface area contributed by atoms with E-state index in [0.29, 0.717) is 11.6 Å². The van der Waals surface area contributed by atoms with Crippen molar-refractivity contribution in [1.82, 2.24) is 4.98 Å². The summed E-state index contributed by atoms with van der Waals surface area (Å²) in [7, 11) is 0. The Balaban J connectivity index is 1.65. The average Bonchev–Trinajstić information content (AvgIpc) is 3.31. The van der Waals surface area contributed by atoms with Crippen LogP contribution >= 0.6 is 11.3 Å². The van der Waals surface area contributed by atoms with Crippen LogP contribution in [0.5, 0.6) is 0 Å². The highest BCUT2D eigenvalue weighted by Crippen LogP contribution is 2.32. The SMILES string of the molecule is CC(=O)N(c1nc(C=C2N=C(c3cccc(F)c3)OC2=O)cs1)c1ccc(F)cc1F. The summed E-state index contributed by atoms with van der Waals surface area (Å²) < 4.78 is 45.9. The van der Waals surface area contributed by atoms with Crippen LogP contribution in [0.1, 0.15) is 18.2 Å². The molecule has 4 rings (SSSR count). The number of ether oxygens (including phenoxy) is 1. The van der Waals surface area contributed by atoms with Crippen LogP contribution in [0, 0.1) is 17.5 Å². The Hall–Kier alpha value is -3.79. The van der Waals surface area contributed by atoms with Crippen LogP contribution in [0.25, 0.3) is 6.08 Å². The monoisotopic (exact) mass is 443 g/mol. The highest BCUT2D eigenvalue weighted by atomic mass is 32.1. The van der Waals surface area contributed by atoms with Crippen molar-refractivity contribution in [3.63, 3.8) is 0 Å². The molecule has 0 bridgehead atoms. The molecule has 0 saturated carbocycles. The lowest BCUT2D eigenvalue weighted by atomic mass is 10.2. The molecule has 2 heterocycles. The minimum atomic E-state index is -0.922. The van der Waals surface area contributed by atoms with E-state index in [2.05, 4.69) is 9.98 Å². The number of cyclic esters (lactones) is 1. The molecule has 0 aliphatic carbocycles. The molecular weight excluding hydrogens is 431 g/mol. The van der Waals surface area contributed by atoms with Crippen molar-refractivity contribution in [3.05, 3.63) is 82.3 Å². The van der Waals surface area contributed by atoms with E-state index in [1.807, 2.05) is 0 Å². The molecule has 156 valence electrons. The Labute approximate surface area is 177 Å². The molecule has 2 aromatic carbocycles. The summed E-state index contributed by atoms with van der Waals surface area (Å²) in [6, 6.07) is 8.26. The van der Waals surface area contributed by atoms with Gasteiger partial charge in [-0.2, -0.15) is 0 Å². The lowest BCUT2D eigenvalue weighted by molar-refractivity contribution is -0.130. The third kappa shape index (κ3) is 4.24. The lowest BCUT2D eigenvalue weighted by Gasteiger charge is -2.18. The van der Waals surface area contributed by atoms with Crippen molar-refractivity contribution in [2.24, 2.45) is 4.99 Å². The van der Waals surface area contributed by atoms with Gasteiger partial charge in [0.15, 0.2) is 10.8 Å². The number of rotatable bonds is 4. The van der Waals surface area contributed by atoms with Crippen molar-refractivity contribution in [2.75, 3.05) is 4.90 Å². The van der Waals surface area contributed by atoms with Crippen LogP contribution in [-0.4, -0.2) is 22.8 Å². The first kappa shape index (κ1) is 20.5. The predicted molar refractivity (Wildman–Crippen MR) is 108 cm³/mol. The standard InChI is InChI=1S/C21H12F3N3O3S/c1-11(28)27(18-6-5-14(23)8-16(18)24)21-25-15(10-31-21)9-17-20(29)30-19(26-17)12-3-2-4-13(22)7-12/h2-10H,1H3. The molecule has 1 aliphatic heterocycles. The third-order valence-electron chi connectivity index (χ3n) is 4.14. The molecule has 10 heteroatoms. The highest BCUT2D eigenvalue weighted by molar-refractivity contribution is 7.14. The van der Waals surface area contributed by atoms with Gasteiger partial charge in [0, 0.05) is 23.9 Å². The van der Waals surface area contributed by atoms with Crippen LogP contribution in [0.3, 0.4) is 0 Å². The molecule has 3 aromatic rings. The van der Waals surface area contributed by atoms with Gasteiger partial charge in [-0.15, -0.1) is 11.3 Å². The summed E-state index contributed by atoms with van der Waals surface area (Å²) in [5, 5.41) is 1.65. The first-order valence-electron chi connectivity index (χ1n) is 8.81. The normalized spacial score (nSPS) is 14.5. The Morgan fingerprint density at radius 3 is 2.61 bits per heavy atom. The molecule has 1 amide bonds. The molecule has 1 aliphatic rings. The summed E-state index contributed by atoms with van der Waals surface area (Å²) in [6.45, 7) is 1.21. The van der Waals surface area contributed by atoms with E-state index >= 15 is 0 Å². The number of nitrogens with zero attached hydrogens (tertiary/aromatic N) is 3. The van der Waals surface area contributed by atoms with Crippen LogP contribution in [0.2, 0.25) is 0 Å². The topological polar surface area (TPSA) is 71.9 Å². The molecule has 0 saturated heterocycles. The van der Waals surface area contributed by atoms with Crippen LogP contribution in [-0.2, 0) is 14.3 Å². The van der Waals surface area contributed by atoms with Crippen LogP contribution in [0.4, 0.5) is 24.0 Å². The summed E-state index contributed by atoms with van der Waals surface area (Å²) in [6.07, 6.45) is 1.33. The molecular formula is C21H12F3N3O3S. The van der Waals surface area contributed by atoms with E-state index in [4.69, 9.17) is 4.74 Å². The fraction of sp³-hybridized carbons (Fsp3) is 0.0476. The quantitative estimate of drug-likeness (QED) is 0.437. The zero-order valence-electron chi connectivity index (χ0n) is 15.8. The zero-order valence-corrected chi connectivity index (χ0v) is 16.6. The first-order valence-corrected chi connectivity index (χ1v) is 9.69. The van der Waals surface area contributed by atoms with Gasteiger partial charge >= 0.3 is 5.97 Å². The zero-order chi connectivity index (χ0) is 22.1. The maximum atomic E-state index is 14.2. The Morgan fingerprint density at radius 1 is 1.13 bits per heavy atom. The lowest BCUT2D eigenvalue weighted by Crippen LogP contribution is -2.23. The number of thiazole rings is 1. The van der Waals surface area contributed by atoms with Gasteiger partial charge in [-0.05, 0) is 36.4 Å². The van der Waals surface area contributed by atoms with E-state index in [-0.39, 0.29) is 28.1 Å². The maximum Gasteiger partial charge on any atom is 0.363 e. The van der Waals surface area contributed by atoms with Gasteiger partial charge < -0.3 is 4.74 Å². The van der Waals surface area contributed by atoms with Gasteiger partial charge in [0.25, 0.3) is 0 Å². The number of amides is 1. The maximum absolute atomic E-state index is 14.2. The van der Waals surface area contributed by atoms with E-state index in [1.54, 1.807) is 6.07 Å². The number of aromatic nitrogens is 1. The van der Waals surface area contributed by atoms with E-state index in [0.717, 1.165) is 28.4 Å². The Bertz CT molecular complexity index is 1270. The summed E-state index contributed by atoms with van der Waals surface area (Å²) in [5.41, 5.74) is 0.336. The van der Waals surface area contributed by atoms with Gasteiger partial charge in [-0.1, -0.05) is 6.07 Å². The third-order valence-corrected chi connectivity index (χ3v) is 4.99. The van der Waals surface area contributed by atoms with Crippen molar-refractivity contribution in [1.29, 1.82) is 0 Å². The first-order chi connectivity index (χ1) is 14.8. The van der Waals surface area contributed by atoms with E-state index in [9.17, 15) is 22.8 Å². The Kier molecular flexibility index (Phi) is 5.38. The second-order valence-corrected chi connectivity index (χ2v) is 7.19. The average molecular weight is 443 g/mol. The molecule has 6 nitrogen and oxygen atoms in total. The molecule has 0 N–H and O–H groups in total. The number of esters is 1. The van der Waals surface area contributed by atoms with Crippen molar-refractivity contribution < 1.29 is 27.5 Å². The fourth-order valence-corrected chi connectivity index (χ4v) is 3.65. The van der Waals surface area contributed by atoms with Gasteiger partial charge in [-0.3, -0.25) is 9.69 Å². The number of anilines is 2. The van der Waals surface area contributed by atoms with Crippen molar-refractivity contribution in [2.45, 2.75) is 6.92 Å². The molecule has 0 atom stereocenters. The number of carbonyl (C=O) groups is 2. The largest absolute Gasteiger partial charge is 0.402 e. The van der Waals surface area contributed by atoms with Gasteiger partial charge in [0.05, 0.1) is 11.4 Å². The second-order valence-electron chi connectivity index (χ2n) is 6.35. The van der Waals surface area contributed by atoms with E-state index in [1.165, 1.54) is 36.6 Å². The molecule has 31 heavy (non-hydrogen) atoms. The number of halogens is 3. The summed E-state index contributed by atoms with van der Waals surface area (Å²) in [5.74, 6) is -3.54. The van der Waals surface area contributed by atoms with Crippen LogP contribution < -0.4 is 4.90 Å². The summed E-state index contributed by atoms with van der Waals surface area (Å²) in [4.78, 5) is 33.5. The number of aliphatic imine (C=N–C) groups is 1. The summed E-state index contributed by atoms with van der Waals surface area (Å²) >= 11 is 1.02.